The minimum atomic E-state index is -1.43. The maximum Gasteiger partial charge on any atom is 0.303 e. The van der Waals surface area contributed by atoms with Gasteiger partial charge < -0.3 is 28.6 Å². The second-order valence-electron chi connectivity index (χ2n) is 7.64. The van der Waals surface area contributed by atoms with E-state index in [1.807, 2.05) is 0 Å². The quantitative estimate of drug-likeness (QED) is 0.380. The molecule has 0 aromatic heterocycles. The van der Waals surface area contributed by atoms with Crippen molar-refractivity contribution in [3.05, 3.63) is 0 Å². The highest BCUT2D eigenvalue weighted by Gasteiger charge is 2.56. The summed E-state index contributed by atoms with van der Waals surface area (Å²) >= 11 is 0. The molecule has 2 aliphatic heterocycles. The number of esters is 5. The van der Waals surface area contributed by atoms with Crippen molar-refractivity contribution >= 4 is 35.8 Å². The monoisotopic (exact) mass is 457 g/mol. The second-order valence-corrected chi connectivity index (χ2v) is 7.64. The third-order valence-electron chi connectivity index (χ3n) is 5.03. The standard InChI is InChI=1S/C20H27NO11/c1-9(22)28-8-15-18(31-12(4)25)16(29-10(2)23)6-14-7-17(30-11(3)24)19(32-13(5)26)20(27)21(14)15/h14-19H,6-8H2,1-5H3/t14-,15+,16-,17-,18-,19-/m1/s1. The first-order valence-electron chi connectivity index (χ1n) is 10.0. The Bertz CT molecular complexity index is 792. The van der Waals surface area contributed by atoms with Crippen LogP contribution in [0.1, 0.15) is 47.5 Å². The maximum atomic E-state index is 13.4. The van der Waals surface area contributed by atoms with Crippen molar-refractivity contribution in [1.82, 2.24) is 4.90 Å². The SMILES string of the molecule is CC(=O)OC[C@H]1[C@@H](OC(C)=O)[C@H](OC(C)=O)C[C@@H]2C[C@@H](OC(C)=O)[C@@H](OC(C)=O)C(=O)N21. The fraction of sp³-hybridized carbons (Fsp3) is 0.700. The molecule has 2 rings (SSSR count). The molecule has 0 aliphatic carbocycles. The lowest BCUT2D eigenvalue weighted by Crippen LogP contribution is -2.70. The zero-order chi connectivity index (χ0) is 24.2. The van der Waals surface area contributed by atoms with Gasteiger partial charge in [0, 0.05) is 53.5 Å². The highest BCUT2D eigenvalue weighted by atomic mass is 16.6. The predicted molar refractivity (Wildman–Crippen MR) is 103 cm³/mol. The molecule has 178 valence electrons. The van der Waals surface area contributed by atoms with Crippen molar-refractivity contribution in [2.75, 3.05) is 6.61 Å². The maximum absolute atomic E-state index is 13.4. The lowest BCUT2D eigenvalue weighted by molar-refractivity contribution is -0.209. The van der Waals surface area contributed by atoms with Gasteiger partial charge in [-0.1, -0.05) is 0 Å². The van der Waals surface area contributed by atoms with Crippen LogP contribution in [-0.2, 0) is 52.5 Å². The van der Waals surface area contributed by atoms with Crippen LogP contribution in [0.3, 0.4) is 0 Å². The Balaban J connectivity index is 2.48. The van der Waals surface area contributed by atoms with Crippen LogP contribution in [0.15, 0.2) is 0 Å². The Morgan fingerprint density at radius 1 is 0.750 bits per heavy atom. The summed E-state index contributed by atoms with van der Waals surface area (Å²) in [5.74, 6) is -4.12. The Morgan fingerprint density at radius 2 is 1.25 bits per heavy atom. The molecular weight excluding hydrogens is 430 g/mol. The summed E-state index contributed by atoms with van der Waals surface area (Å²) in [5, 5.41) is 0. The van der Waals surface area contributed by atoms with E-state index in [4.69, 9.17) is 23.7 Å². The van der Waals surface area contributed by atoms with Crippen LogP contribution in [0.2, 0.25) is 0 Å². The van der Waals surface area contributed by atoms with Crippen LogP contribution in [0.4, 0.5) is 0 Å². The first kappa shape index (κ1) is 25.1. The van der Waals surface area contributed by atoms with E-state index in [0.29, 0.717) is 0 Å². The number of piperidine rings is 2. The molecule has 6 atom stereocenters. The lowest BCUT2D eigenvalue weighted by atomic mass is 9.82. The molecule has 1 amide bonds. The van der Waals surface area contributed by atoms with Gasteiger partial charge in [-0.2, -0.15) is 0 Å². The van der Waals surface area contributed by atoms with Crippen LogP contribution >= 0.6 is 0 Å². The van der Waals surface area contributed by atoms with Gasteiger partial charge in [0.05, 0.1) is 0 Å². The summed E-state index contributed by atoms with van der Waals surface area (Å²) < 4.78 is 26.2. The van der Waals surface area contributed by atoms with E-state index in [0.717, 1.165) is 20.8 Å². The van der Waals surface area contributed by atoms with Gasteiger partial charge in [0.15, 0.2) is 6.10 Å². The van der Waals surface area contributed by atoms with Crippen molar-refractivity contribution in [3.63, 3.8) is 0 Å². The number of ether oxygens (including phenoxy) is 5. The molecule has 2 heterocycles. The molecule has 0 bridgehead atoms. The molecular formula is C20H27NO11. The van der Waals surface area contributed by atoms with Gasteiger partial charge in [0.2, 0.25) is 6.10 Å². The van der Waals surface area contributed by atoms with Gasteiger partial charge in [-0.3, -0.25) is 28.8 Å². The van der Waals surface area contributed by atoms with Crippen LogP contribution in [-0.4, -0.2) is 83.8 Å². The Kier molecular flexibility index (Phi) is 8.17. The first-order valence-corrected chi connectivity index (χ1v) is 10.0. The van der Waals surface area contributed by atoms with E-state index >= 15 is 0 Å². The minimum absolute atomic E-state index is 0.0599. The van der Waals surface area contributed by atoms with Crippen LogP contribution in [0, 0.1) is 0 Å². The summed E-state index contributed by atoms with van der Waals surface area (Å²) in [6.07, 6.45) is -4.47. The molecule has 0 unspecified atom stereocenters. The zero-order valence-electron chi connectivity index (χ0n) is 18.5. The second kappa shape index (κ2) is 10.4. The molecule has 0 N–H and O–H groups in total. The van der Waals surface area contributed by atoms with Gasteiger partial charge >= 0.3 is 29.8 Å². The molecule has 12 heteroatoms. The van der Waals surface area contributed by atoms with Gasteiger partial charge in [0.1, 0.15) is 24.9 Å². The van der Waals surface area contributed by atoms with Gasteiger partial charge in [-0.25, -0.2) is 0 Å². The van der Waals surface area contributed by atoms with Crippen LogP contribution < -0.4 is 0 Å². The highest BCUT2D eigenvalue weighted by Crippen LogP contribution is 2.36. The van der Waals surface area contributed by atoms with Crippen molar-refractivity contribution in [1.29, 1.82) is 0 Å². The van der Waals surface area contributed by atoms with Crippen molar-refractivity contribution < 1.29 is 52.5 Å². The van der Waals surface area contributed by atoms with E-state index in [2.05, 4.69) is 0 Å². The molecule has 2 fully saturated rings. The molecule has 32 heavy (non-hydrogen) atoms. The molecule has 2 saturated heterocycles. The lowest BCUT2D eigenvalue weighted by Gasteiger charge is -2.52. The van der Waals surface area contributed by atoms with Crippen LogP contribution in [0.25, 0.3) is 0 Å². The van der Waals surface area contributed by atoms with Crippen molar-refractivity contribution in [2.24, 2.45) is 0 Å². The Morgan fingerprint density at radius 3 is 1.75 bits per heavy atom. The number of fused-ring (bicyclic) bond motifs is 1. The fourth-order valence-corrected chi connectivity index (χ4v) is 4.12. The summed E-state index contributed by atoms with van der Waals surface area (Å²) in [6, 6.07) is -1.68. The minimum Gasteiger partial charge on any atom is -0.464 e. The smallest absolute Gasteiger partial charge is 0.303 e. The molecule has 0 saturated carbocycles. The van der Waals surface area contributed by atoms with Crippen molar-refractivity contribution in [2.45, 2.75) is 84.0 Å². The topological polar surface area (TPSA) is 152 Å². The van der Waals surface area contributed by atoms with E-state index in [9.17, 15) is 28.8 Å². The van der Waals surface area contributed by atoms with Gasteiger partial charge in [-0.15, -0.1) is 0 Å². The third kappa shape index (κ3) is 6.17. The fourth-order valence-electron chi connectivity index (χ4n) is 4.12. The van der Waals surface area contributed by atoms with Crippen molar-refractivity contribution in [3.8, 4) is 0 Å². The van der Waals surface area contributed by atoms with Gasteiger partial charge in [0.25, 0.3) is 5.91 Å². The molecule has 0 aromatic carbocycles. The zero-order valence-corrected chi connectivity index (χ0v) is 18.5. The highest BCUT2D eigenvalue weighted by molar-refractivity contribution is 5.86. The summed E-state index contributed by atoms with van der Waals surface area (Å²) in [5.41, 5.74) is 0. The average molecular weight is 457 g/mol. The van der Waals surface area contributed by atoms with Gasteiger partial charge in [-0.05, 0) is 0 Å². The average Bonchev–Trinajstić information content (AvgIpc) is 2.63. The summed E-state index contributed by atoms with van der Waals surface area (Å²) in [7, 11) is 0. The number of carbonyl (C=O) groups is 6. The number of rotatable bonds is 6. The van der Waals surface area contributed by atoms with Crippen LogP contribution in [0.5, 0.6) is 0 Å². The molecule has 12 nitrogen and oxygen atoms in total. The number of carbonyl (C=O) groups excluding carboxylic acids is 6. The van der Waals surface area contributed by atoms with E-state index in [1.54, 1.807) is 0 Å². The summed E-state index contributed by atoms with van der Waals surface area (Å²) in [6.45, 7) is 5.40. The molecule has 2 aliphatic rings. The number of hydrogen-bond donors (Lipinski definition) is 0. The number of amides is 1. The summed E-state index contributed by atoms with van der Waals surface area (Å²) in [4.78, 5) is 72.7. The third-order valence-corrected chi connectivity index (χ3v) is 5.03. The van der Waals surface area contributed by atoms with E-state index in [-0.39, 0.29) is 19.4 Å². The normalized spacial score (nSPS) is 29.3. The Hall–Kier alpha value is -3.18. The molecule has 0 aromatic rings. The molecule has 0 radical (unpaired) electrons. The van der Waals surface area contributed by atoms with E-state index < -0.39 is 72.3 Å². The largest absolute Gasteiger partial charge is 0.464 e. The number of hydrogen-bond acceptors (Lipinski definition) is 11. The van der Waals surface area contributed by atoms with E-state index in [1.165, 1.54) is 18.7 Å². The number of nitrogens with zero attached hydrogens (tertiary/aromatic N) is 1. The predicted octanol–water partition coefficient (Wildman–Crippen LogP) is -0.350. The Labute approximate surface area is 184 Å². The first-order chi connectivity index (χ1) is 14.9. The molecule has 0 spiro atoms.